The summed E-state index contributed by atoms with van der Waals surface area (Å²) in [7, 11) is 1.48. The average molecular weight is 288 g/mol. The number of pyridine rings is 1. The van der Waals surface area contributed by atoms with Gasteiger partial charge in [-0.15, -0.1) is 0 Å². The van der Waals surface area contributed by atoms with Crippen LogP contribution >= 0.6 is 0 Å². The summed E-state index contributed by atoms with van der Waals surface area (Å²) in [5.74, 6) is -0.0513. The number of methoxy groups -OCH3 is 1. The number of aromatic nitrogens is 1. The van der Waals surface area contributed by atoms with Crippen molar-refractivity contribution in [3.63, 3.8) is 0 Å². The monoisotopic (exact) mass is 288 g/mol. The highest BCUT2D eigenvalue weighted by atomic mass is 19.1. The van der Waals surface area contributed by atoms with Gasteiger partial charge in [0.1, 0.15) is 0 Å². The lowest BCUT2D eigenvalue weighted by Gasteiger charge is -2.21. The zero-order chi connectivity index (χ0) is 15.2. The number of nitrogens with zero attached hydrogens (tertiary/aromatic N) is 1. The van der Waals surface area contributed by atoms with Gasteiger partial charge in [0.15, 0.2) is 11.6 Å². The number of hydrogen-bond donors (Lipinski definition) is 1. The van der Waals surface area contributed by atoms with Crippen molar-refractivity contribution in [1.82, 2.24) is 10.3 Å². The fraction of sp³-hybridized carbons (Fsp3) is 0.353. The molecular weight excluding hydrogens is 267 g/mol. The molecule has 0 fully saturated rings. The van der Waals surface area contributed by atoms with E-state index in [-0.39, 0.29) is 17.6 Å². The summed E-state index contributed by atoms with van der Waals surface area (Å²) in [5.41, 5.74) is 2.51. The molecule has 0 spiro atoms. The third-order valence-electron chi connectivity index (χ3n) is 3.38. The summed E-state index contributed by atoms with van der Waals surface area (Å²) in [6, 6.07) is 8.92. The summed E-state index contributed by atoms with van der Waals surface area (Å²) in [6.07, 6.45) is 2.73. The van der Waals surface area contributed by atoms with E-state index in [2.05, 4.69) is 17.2 Å². The van der Waals surface area contributed by atoms with Gasteiger partial charge in [-0.2, -0.15) is 0 Å². The van der Waals surface area contributed by atoms with Gasteiger partial charge in [0.05, 0.1) is 13.2 Å². The van der Waals surface area contributed by atoms with Crippen LogP contribution in [0.2, 0.25) is 0 Å². The van der Waals surface area contributed by atoms with Gasteiger partial charge < -0.3 is 10.1 Å². The van der Waals surface area contributed by atoms with Crippen LogP contribution in [0.5, 0.6) is 5.75 Å². The maximum Gasteiger partial charge on any atom is 0.170 e. The Morgan fingerprint density at radius 3 is 2.81 bits per heavy atom. The average Bonchev–Trinajstić information content (AvgIpc) is 2.49. The molecule has 0 aliphatic rings. The molecular formula is C17H21FN2O. The summed E-state index contributed by atoms with van der Waals surface area (Å²) in [5, 5.41) is 3.40. The number of nitrogens with one attached hydrogen (secondary N) is 1. The van der Waals surface area contributed by atoms with E-state index in [0.29, 0.717) is 5.56 Å². The van der Waals surface area contributed by atoms with E-state index in [1.54, 1.807) is 18.3 Å². The Morgan fingerprint density at radius 2 is 2.14 bits per heavy atom. The summed E-state index contributed by atoms with van der Waals surface area (Å²) in [6.45, 7) is 4.83. The second-order valence-corrected chi connectivity index (χ2v) is 4.98. The molecule has 0 aliphatic heterocycles. The van der Waals surface area contributed by atoms with Gasteiger partial charge in [0.25, 0.3) is 0 Å². The second-order valence-electron chi connectivity index (χ2n) is 4.98. The van der Waals surface area contributed by atoms with Gasteiger partial charge in [-0.25, -0.2) is 4.39 Å². The van der Waals surface area contributed by atoms with Crippen LogP contribution in [0.25, 0.3) is 0 Å². The first-order valence-electron chi connectivity index (χ1n) is 7.15. The van der Waals surface area contributed by atoms with Gasteiger partial charge in [-0.3, -0.25) is 4.98 Å². The van der Waals surface area contributed by atoms with Crippen molar-refractivity contribution >= 4 is 0 Å². The molecule has 0 bridgehead atoms. The number of rotatable bonds is 6. The quantitative estimate of drug-likeness (QED) is 0.881. The highest BCUT2D eigenvalue weighted by Gasteiger charge is 2.19. The smallest absolute Gasteiger partial charge is 0.170 e. The third kappa shape index (κ3) is 3.58. The topological polar surface area (TPSA) is 34.2 Å². The lowest BCUT2D eigenvalue weighted by atomic mass is 9.98. The van der Waals surface area contributed by atoms with Gasteiger partial charge in [-0.05, 0) is 43.7 Å². The highest BCUT2D eigenvalue weighted by Crippen LogP contribution is 2.29. The van der Waals surface area contributed by atoms with Gasteiger partial charge in [0, 0.05) is 17.5 Å². The summed E-state index contributed by atoms with van der Waals surface area (Å²) < 4.78 is 19.6. The molecule has 1 atom stereocenters. The molecule has 1 aromatic carbocycles. The van der Waals surface area contributed by atoms with Crippen LogP contribution in [0.3, 0.4) is 0 Å². The zero-order valence-electron chi connectivity index (χ0n) is 12.7. The minimum absolute atomic E-state index is 0.207. The summed E-state index contributed by atoms with van der Waals surface area (Å²) >= 11 is 0. The van der Waals surface area contributed by atoms with E-state index in [1.165, 1.54) is 7.11 Å². The van der Waals surface area contributed by atoms with Crippen molar-refractivity contribution in [1.29, 1.82) is 0 Å². The van der Waals surface area contributed by atoms with E-state index in [9.17, 15) is 4.39 Å². The molecule has 0 saturated heterocycles. The lowest BCUT2D eigenvalue weighted by Crippen LogP contribution is -2.24. The fourth-order valence-corrected chi connectivity index (χ4v) is 2.35. The molecule has 0 saturated carbocycles. The second kappa shape index (κ2) is 7.18. The predicted molar refractivity (Wildman–Crippen MR) is 82.1 cm³/mol. The Balaban J connectivity index is 2.45. The Morgan fingerprint density at radius 1 is 1.33 bits per heavy atom. The number of ether oxygens (including phenoxy) is 1. The van der Waals surface area contributed by atoms with Crippen molar-refractivity contribution in [2.75, 3.05) is 13.7 Å². The van der Waals surface area contributed by atoms with Crippen LogP contribution in [0.1, 0.15) is 36.2 Å². The van der Waals surface area contributed by atoms with Crippen molar-refractivity contribution in [3.05, 3.63) is 59.2 Å². The van der Waals surface area contributed by atoms with E-state index in [1.807, 2.05) is 25.1 Å². The number of hydrogen-bond acceptors (Lipinski definition) is 3. The predicted octanol–water partition coefficient (Wildman–Crippen LogP) is 3.63. The number of benzene rings is 1. The van der Waals surface area contributed by atoms with Gasteiger partial charge in [-0.1, -0.05) is 19.1 Å². The number of aryl methyl sites for hydroxylation is 1. The van der Waals surface area contributed by atoms with Crippen LogP contribution in [-0.4, -0.2) is 18.6 Å². The molecule has 1 N–H and O–H groups in total. The van der Waals surface area contributed by atoms with Gasteiger partial charge >= 0.3 is 0 Å². The van der Waals surface area contributed by atoms with E-state index in [4.69, 9.17) is 4.74 Å². The van der Waals surface area contributed by atoms with Crippen LogP contribution in [0, 0.1) is 12.7 Å². The molecule has 1 heterocycles. The third-order valence-corrected chi connectivity index (χ3v) is 3.38. The van der Waals surface area contributed by atoms with E-state index >= 15 is 0 Å². The first kappa shape index (κ1) is 15.4. The Labute approximate surface area is 125 Å². The molecule has 3 nitrogen and oxygen atoms in total. The van der Waals surface area contributed by atoms with Crippen molar-refractivity contribution in [2.45, 2.75) is 26.3 Å². The van der Waals surface area contributed by atoms with Gasteiger partial charge in [0.2, 0.25) is 0 Å². The standard InChI is InChI=1S/C17H21FN2O/c1-4-9-20-17(13-8-10-19-12(2)11-13)14-6-5-7-15(21-3)16(14)18/h5-8,10-11,17,20H,4,9H2,1-3H3. The zero-order valence-corrected chi connectivity index (χ0v) is 12.7. The molecule has 1 unspecified atom stereocenters. The van der Waals surface area contributed by atoms with Crippen molar-refractivity contribution in [3.8, 4) is 5.75 Å². The summed E-state index contributed by atoms with van der Waals surface area (Å²) in [4.78, 5) is 4.21. The molecule has 2 rings (SSSR count). The normalized spacial score (nSPS) is 12.2. The van der Waals surface area contributed by atoms with Crippen LogP contribution in [0.15, 0.2) is 36.5 Å². The van der Waals surface area contributed by atoms with Crippen molar-refractivity contribution < 1.29 is 9.13 Å². The lowest BCUT2D eigenvalue weighted by molar-refractivity contribution is 0.381. The molecule has 4 heteroatoms. The van der Waals surface area contributed by atoms with E-state index in [0.717, 1.165) is 24.2 Å². The maximum atomic E-state index is 14.6. The minimum Gasteiger partial charge on any atom is -0.494 e. The fourth-order valence-electron chi connectivity index (χ4n) is 2.35. The highest BCUT2D eigenvalue weighted by molar-refractivity contribution is 5.38. The molecule has 21 heavy (non-hydrogen) atoms. The molecule has 0 aliphatic carbocycles. The Hall–Kier alpha value is -1.94. The van der Waals surface area contributed by atoms with Crippen LogP contribution in [0.4, 0.5) is 4.39 Å². The number of halogens is 1. The molecule has 0 radical (unpaired) electrons. The van der Waals surface area contributed by atoms with E-state index < -0.39 is 0 Å². The SMILES string of the molecule is CCCNC(c1ccnc(C)c1)c1cccc(OC)c1F. The van der Waals surface area contributed by atoms with Crippen molar-refractivity contribution in [2.24, 2.45) is 0 Å². The first-order chi connectivity index (χ1) is 10.2. The minimum atomic E-state index is -0.317. The Kier molecular flexibility index (Phi) is 5.28. The maximum absolute atomic E-state index is 14.6. The Bertz CT molecular complexity index is 601. The first-order valence-corrected chi connectivity index (χ1v) is 7.15. The molecule has 112 valence electrons. The van der Waals surface area contributed by atoms with Crippen LogP contribution < -0.4 is 10.1 Å². The molecule has 1 aromatic heterocycles. The molecule has 0 amide bonds. The van der Waals surface area contributed by atoms with Crippen LogP contribution in [-0.2, 0) is 0 Å². The largest absolute Gasteiger partial charge is 0.494 e. The molecule has 2 aromatic rings.